The number of carbonyl (C=O) groups is 2. The summed E-state index contributed by atoms with van der Waals surface area (Å²) in [6.07, 6.45) is 7.01. The molecule has 7 heteroatoms. The summed E-state index contributed by atoms with van der Waals surface area (Å²) in [4.78, 5) is 36.6. The number of hydrogen-bond donors (Lipinski definition) is 0. The number of carbonyl (C=O) groups excluding carboxylic acids is 2. The number of nitrogens with zero attached hydrogens (tertiary/aromatic N) is 4. The molecule has 0 saturated carbocycles. The minimum atomic E-state index is -0.901. The van der Waals surface area contributed by atoms with E-state index >= 15 is 0 Å². The molecule has 2 aliphatic rings. The minimum absolute atomic E-state index is 0.0263. The highest BCUT2D eigenvalue weighted by molar-refractivity contribution is 5.93. The lowest BCUT2D eigenvalue weighted by Gasteiger charge is -2.42. The van der Waals surface area contributed by atoms with Crippen molar-refractivity contribution in [2.24, 2.45) is 0 Å². The van der Waals surface area contributed by atoms with Gasteiger partial charge in [0.1, 0.15) is 5.69 Å². The van der Waals surface area contributed by atoms with E-state index in [-0.39, 0.29) is 18.4 Å². The van der Waals surface area contributed by atoms with Gasteiger partial charge in [-0.15, -0.1) is 0 Å². The summed E-state index contributed by atoms with van der Waals surface area (Å²) in [6.45, 7) is 1.85. The van der Waals surface area contributed by atoms with Crippen molar-refractivity contribution < 1.29 is 14.3 Å². The molecule has 2 amide bonds. The molecule has 1 aromatic heterocycles. The molecule has 0 aliphatic carbocycles. The standard InChI is InChI=1S/C15H20N4O3/c1-18-7-3-2-4-15(14(18)21)11-19(8-9-22-15)13(20)12-10-16-5-6-17-12/h5-6,10H,2-4,7-9,11H2,1H3. The molecule has 1 atom stereocenters. The Hall–Kier alpha value is -2.02. The van der Waals surface area contributed by atoms with E-state index in [0.29, 0.717) is 25.3 Å². The van der Waals surface area contributed by atoms with E-state index in [1.165, 1.54) is 18.6 Å². The van der Waals surface area contributed by atoms with Crippen LogP contribution >= 0.6 is 0 Å². The Morgan fingerprint density at radius 2 is 2.18 bits per heavy atom. The van der Waals surface area contributed by atoms with E-state index in [1.54, 1.807) is 16.8 Å². The van der Waals surface area contributed by atoms with Crippen molar-refractivity contribution in [1.82, 2.24) is 19.8 Å². The highest BCUT2D eigenvalue weighted by Crippen LogP contribution is 2.29. The van der Waals surface area contributed by atoms with Crippen LogP contribution in [0.5, 0.6) is 0 Å². The maximum atomic E-state index is 12.7. The van der Waals surface area contributed by atoms with Crippen LogP contribution in [0.1, 0.15) is 29.8 Å². The predicted octanol–water partition coefficient (Wildman–Crippen LogP) is 0.330. The highest BCUT2D eigenvalue weighted by Gasteiger charge is 2.47. The zero-order valence-electron chi connectivity index (χ0n) is 12.7. The molecule has 0 aromatic carbocycles. The molecule has 2 fully saturated rings. The van der Waals surface area contributed by atoms with Gasteiger partial charge in [-0.2, -0.15) is 0 Å². The van der Waals surface area contributed by atoms with Crippen molar-refractivity contribution >= 4 is 11.8 Å². The topological polar surface area (TPSA) is 75.6 Å². The van der Waals surface area contributed by atoms with E-state index in [9.17, 15) is 9.59 Å². The van der Waals surface area contributed by atoms with Crippen LogP contribution in [-0.4, -0.2) is 70.5 Å². The van der Waals surface area contributed by atoms with Gasteiger partial charge in [0, 0.05) is 32.5 Å². The van der Waals surface area contributed by atoms with Gasteiger partial charge in [0.2, 0.25) is 0 Å². The molecule has 2 saturated heterocycles. The third-order valence-electron chi connectivity index (χ3n) is 4.32. The summed E-state index contributed by atoms with van der Waals surface area (Å²) in [5.74, 6) is -0.225. The Morgan fingerprint density at radius 1 is 1.32 bits per heavy atom. The second kappa shape index (κ2) is 6.00. The molecule has 1 unspecified atom stereocenters. The molecule has 3 heterocycles. The van der Waals surface area contributed by atoms with E-state index in [2.05, 4.69) is 9.97 Å². The smallest absolute Gasteiger partial charge is 0.274 e. The molecular formula is C15H20N4O3. The number of rotatable bonds is 1. The summed E-state index contributed by atoms with van der Waals surface area (Å²) in [7, 11) is 1.79. The predicted molar refractivity (Wildman–Crippen MR) is 78.1 cm³/mol. The Morgan fingerprint density at radius 3 is 2.95 bits per heavy atom. The average molecular weight is 304 g/mol. The van der Waals surface area contributed by atoms with Crippen molar-refractivity contribution in [3.8, 4) is 0 Å². The Kier molecular flexibility index (Phi) is 4.06. The molecule has 118 valence electrons. The molecule has 1 spiro atoms. The number of hydrogen-bond acceptors (Lipinski definition) is 5. The first-order chi connectivity index (χ1) is 10.6. The molecular weight excluding hydrogens is 284 g/mol. The molecule has 0 bridgehead atoms. The molecule has 0 N–H and O–H groups in total. The van der Waals surface area contributed by atoms with E-state index < -0.39 is 5.60 Å². The number of amides is 2. The fourth-order valence-corrected chi connectivity index (χ4v) is 3.13. The first-order valence-corrected chi connectivity index (χ1v) is 7.57. The summed E-state index contributed by atoms with van der Waals surface area (Å²) in [5, 5.41) is 0. The Labute approximate surface area is 129 Å². The van der Waals surface area contributed by atoms with Crippen LogP contribution in [0.15, 0.2) is 18.6 Å². The van der Waals surface area contributed by atoms with Crippen molar-refractivity contribution in [3.63, 3.8) is 0 Å². The number of likely N-dealkylation sites (N-methyl/N-ethyl adjacent to an activating group) is 1. The third-order valence-corrected chi connectivity index (χ3v) is 4.32. The van der Waals surface area contributed by atoms with Gasteiger partial charge in [-0.05, 0) is 19.3 Å². The van der Waals surface area contributed by atoms with Crippen LogP contribution in [0.3, 0.4) is 0 Å². The van der Waals surface area contributed by atoms with Crippen molar-refractivity contribution in [3.05, 3.63) is 24.3 Å². The molecule has 3 rings (SSSR count). The van der Waals surface area contributed by atoms with E-state index in [4.69, 9.17) is 4.74 Å². The normalized spacial score (nSPS) is 26.1. The van der Waals surface area contributed by atoms with E-state index in [1.807, 2.05) is 0 Å². The number of ether oxygens (including phenoxy) is 1. The zero-order chi connectivity index (χ0) is 15.6. The van der Waals surface area contributed by atoms with Crippen molar-refractivity contribution in [2.75, 3.05) is 33.3 Å². The number of likely N-dealkylation sites (tertiary alicyclic amines) is 1. The largest absolute Gasteiger partial charge is 0.361 e. The minimum Gasteiger partial charge on any atom is -0.361 e. The first kappa shape index (κ1) is 14.9. The van der Waals surface area contributed by atoms with E-state index in [0.717, 1.165) is 19.4 Å². The first-order valence-electron chi connectivity index (χ1n) is 7.57. The third kappa shape index (κ3) is 2.68. The fourth-order valence-electron chi connectivity index (χ4n) is 3.13. The van der Waals surface area contributed by atoms with Gasteiger partial charge in [-0.1, -0.05) is 0 Å². The quantitative estimate of drug-likeness (QED) is 0.747. The van der Waals surface area contributed by atoms with Crippen LogP contribution in [0.4, 0.5) is 0 Å². The van der Waals surface area contributed by atoms with Gasteiger partial charge in [0.25, 0.3) is 11.8 Å². The zero-order valence-corrected chi connectivity index (χ0v) is 12.7. The molecule has 0 radical (unpaired) electrons. The van der Waals surface area contributed by atoms with Crippen LogP contribution in [0.25, 0.3) is 0 Å². The average Bonchev–Trinajstić information content (AvgIpc) is 2.69. The maximum absolute atomic E-state index is 12.7. The SMILES string of the molecule is CN1CCCCC2(CN(C(=O)c3cnccn3)CCO2)C1=O. The van der Waals surface area contributed by atoms with Crippen molar-refractivity contribution in [2.45, 2.75) is 24.9 Å². The van der Waals surface area contributed by atoms with Gasteiger partial charge in [-0.25, -0.2) is 4.98 Å². The number of aromatic nitrogens is 2. The lowest BCUT2D eigenvalue weighted by atomic mass is 9.94. The lowest BCUT2D eigenvalue weighted by Crippen LogP contribution is -2.60. The van der Waals surface area contributed by atoms with Crippen molar-refractivity contribution in [1.29, 1.82) is 0 Å². The highest BCUT2D eigenvalue weighted by atomic mass is 16.5. The molecule has 1 aromatic rings. The summed E-state index contributed by atoms with van der Waals surface area (Å²) in [6, 6.07) is 0. The Balaban J connectivity index is 1.81. The van der Waals surface area contributed by atoms with Crippen LogP contribution < -0.4 is 0 Å². The second-order valence-corrected chi connectivity index (χ2v) is 5.84. The van der Waals surface area contributed by atoms with Gasteiger partial charge >= 0.3 is 0 Å². The lowest BCUT2D eigenvalue weighted by molar-refractivity contribution is -0.166. The maximum Gasteiger partial charge on any atom is 0.274 e. The molecule has 2 aliphatic heterocycles. The van der Waals surface area contributed by atoms with Gasteiger partial charge in [-0.3, -0.25) is 14.6 Å². The van der Waals surface area contributed by atoms with Crippen LogP contribution in [0, 0.1) is 0 Å². The van der Waals surface area contributed by atoms with Gasteiger partial charge < -0.3 is 14.5 Å². The second-order valence-electron chi connectivity index (χ2n) is 5.84. The summed E-state index contributed by atoms with van der Waals surface area (Å²) in [5.41, 5.74) is -0.601. The summed E-state index contributed by atoms with van der Waals surface area (Å²) < 4.78 is 5.86. The van der Waals surface area contributed by atoms with Gasteiger partial charge in [0.15, 0.2) is 5.60 Å². The number of morpholine rings is 1. The fraction of sp³-hybridized carbons (Fsp3) is 0.600. The van der Waals surface area contributed by atoms with Gasteiger partial charge in [0.05, 0.1) is 19.3 Å². The monoisotopic (exact) mass is 304 g/mol. The Bertz CT molecular complexity index is 565. The molecule has 7 nitrogen and oxygen atoms in total. The summed E-state index contributed by atoms with van der Waals surface area (Å²) >= 11 is 0. The van der Waals surface area contributed by atoms with Crippen LogP contribution in [0.2, 0.25) is 0 Å². The van der Waals surface area contributed by atoms with Crippen LogP contribution in [-0.2, 0) is 9.53 Å². The molecule has 22 heavy (non-hydrogen) atoms.